The maximum atomic E-state index is 12.3. The Morgan fingerprint density at radius 3 is 2.23 bits per heavy atom. The highest BCUT2D eigenvalue weighted by atomic mass is 35.5. The van der Waals surface area contributed by atoms with Crippen molar-refractivity contribution < 1.29 is 22.7 Å². The second-order valence-electron chi connectivity index (χ2n) is 5.32. The summed E-state index contributed by atoms with van der Waals surface area (Å²) in [7, 11) is -3.44. The first-order valence-corrected chi connectivity index (χ1v) is 9.82. The largest absolute Gasteiger partial charge is 0.462 e. The van der Waals surface area contributed by atoms with E-state index in [1.54, 1.807) is 19.1 Å². The van der Waals surface area contributed by atoms with Gasteiger partial charge >= 0.3 is 5.97 Å². The van der Waals surface area contributed by atoms with Crippen LogP contribution in [-0.4, -0.2) is 33.2 Å². The molecule has 0 aliphatic carbocycles. The highest BCUT2D eigenvalue weighted by Crippen LogP contribution is 2.23. The third-order valence-electron chi connectivity index (χ3n) is 3.17. The zero-order valence-corrected chi connectivity index (χ0v) is 15.6. The number of ether oxygens (including phenoxy) is 1. The van der Waals surface area contributed by atoms with Crippen molar-refractivity contribution in [2.45, 2.75) is 6.92 Å². The van der Waals surface area contributed by atoms with Crippen LogP contribution in [0, 0.1) is 0 Å². The van der Waals surface area contributed by atoms with Crippen LogP contribution >= 0.6 is 11.6 Å². The van der Waals surface area contributed by atoms with Crippen LogP contribution in [0.1, 0.15) is 27.6 Å². The third-order valence-corrected chi connectivity index (χ3v) is 4.09. The lowest BCUT2D eigenvalue weighted by atomic mass is 10.1. The van der Waals surface area contributed by atoms with Crippen molar-refractivity contribution in [2.24, 2.45) is 0 Å². The number of nitrogens with one attached hydrogen (secondary N) is 2. The van der Waals surface area contributed by atoms with Gasteiger partial charge in [0.05, 0.1) is 29.0 Å². The van der Waals surface area contributed by atoms with E-state index in [0.29, 0.717) is 11.3 Å². The molecule has 0 aliphatic rings. The molecule has 2 aromatic carbocycles. The second kappa shape index (κ2) is 8.20. The van der Waals surface area contributed by atoms with E-state index in [9.17, 15) is 18.0 Å². The van der Waals surface area contributed by atoms with Gasteiger partial charge in [-0.15, -0.1) is 0 Å². The summed E-state index contributed by atoms with van der Waals surface area (Å²) in [5, 5.41) is 2.75. The molecule has 0 aliphatic heterocycles. The number of esters is 1. The van der Waals surface area contributed by atoms with Crippen LogP contribution < -0.4 is 10.0 Å². The number of sulfonamides is 1. The Hall–Kier alpha value is -2.58. The molecule has 2 N–H and O–H groups in total. The van der Waals surface area contributed by atoms with Gasteiger partial charge in [-0.1, -0.05) is 11.6 Å². The number of halogens is 1. The Morgan fingerprint density at radius 1 is 1.08 bits per heavy atom. The number of carbonyl (C=O) groups excluding carboxylic acids is 2. The van der Waals surface area contributed by atoms with Gasteiger partial charge in [0.15, 0.2) is 0 Å². The van der Waals surface area contributed by atoms with Crippen LogP contribution in [-0.2, 0) is 14.8 Å². The molecule has 0 aromatic heterocycles. The number of hydrogen-bond donors (Lipinski definition) is 2. The summed E-state index contributed by atoms with van der Waals surface area (Å²) in [6.07, 6.45) is 1.02. The van der Waals surface area contributed by atoms with Crippen molar-refractivity contribution in [3.8, 4) is 0 Å². The molecule has 0 spiro atoms. The summed E-state index contributed by atoms with van der Waals surface area (Å²) in [6, 6.07) is 10.4. The van der Waals surface area contributed by atoms with Crippen LogP contribution in [0.4, 0.5) is 11.4 Å². The first-order chi connectivity index (χ1) is 12.2. The van der Waals surface area contributed by atoms with E-state index in [2.05, 4.69) is 10.0 Å². The Bertz CT molecular complexity index is 927. The van der Waals surface area contributed by atoms with E-state index < -0.39 is 21.9 Å². The quantitative estimate of drug-likeness (QED) is 0.730. The van der Waals surface area contributed by atoms with E-state index in [4.69, 9.17) is 16.3 Å². The Morgan fingerprint density at radius 2 is 1.69 bits per heavy atom. The molecule has 1 amide bonds. The van der Waals surface area contributed by atoms with Gasteiger partial charge in [0.1, 0.15) is 0 Å². The van der Waals surface area contributed by atoms with Gasteiger partial charge in [0, 0.05) is 11.4 Å². The fraction of sp³-hybridized carbons (Fsp3) is 0.176. The number of rotatable bonds is 6. The number of anilines is 2. The van der Waals surface area contributed by atoms with Gasteiger partial charge in [0.25, 0.3) is 5.91 Å². The Kier molecular flexibility index (Phi) is 6.23. The molecule has 9 heteroatoms. The molecule has 0 unspecified atom stereocenters. The topological polar surface area (TPSA) is 102 Å². The van der Waals surface area contributed by atoms with Crippen molar-refractivity contribution >= 4 is 44.9 Å². The SMILES string of the molecule is CCOC(=O)c1ccc(NC(=O)c2ccc(NS(C)(=O)=O)cc2Cl)cc1. The normalized spacial score (nSPS) is 10.9. The summed E-state index contributed by atoms with van der Waals surface area (Å²) >= 11 is 6.06. The number of benzene rings is 2. The van der Waals surface area contributed by atoms with Gasteiger partial charge in [-0.25, -0.2) is 13.2 Å². The van der Waals surface area contributed by atoms with Crippen molar-refractivity contribution in [1.29, 1.82) is 0 Å². The van der Waals surface area contributed by atoms with E-state index >= 15 is 0 Å². The summed E-state index contributed by atoms with van der Waals surface area (Å²) < 4.78 is 29.6. The van der Waals surface area contributed by atoms with Crippen LogP contribution in [0.15, 0.2) is 42.5 Å². The van der Waals surface area contributed by atoms with Gasteiger partial charge in [-0.2, -0.15) is 0 Å². The zero-order chi connectivity index (χ0) is 19.3. The minimum atomic E-state index is -3.44. The summed E-state index contributed by atoms with van der Waals surface area (Å²) in [4.78, 5) is 23.9. The average Bonchev–Trinajstić information content (AvgIpc) is 2.54. The number of hydrogen-bond acceptors (Lipinski definition) is 5. The summed E-state index contributed by atoms with van der Waals surface area (Å²) in [5.74, 6) is -0.910. The van der Waals surface area contributed by atoms with E-state index in [1.165, 1.54) is 30.3 Å². The molecular formula is C17H17ClN2O5S. The van der Waals surface area contributed by atoms with Crippen molar-refractivity contribution in [3.05, 3.63) is 58.6 Å². The zero-order valence-electron chi connectivity index (χ0n) is 14.1. The van der Waals surface area contributed by atoms with Gasteiger partial charge in [0.2, 0.25) is 10.0 Å². The predicted molar refractivity (Wildman–Crippen MR) is 100 cm³/mol. The van der Waals surface area contributed by atoms with Crippen LogP contribution in [0.5, 0.6) is 0 Å². The fourth-order valence-electron chi connectivity index (χ4n) is 2.08. The summed E-state index contributed by atoms with van der Waals surface area (Å²) in [5.41, 5.74) is 1.28. The maximum absolute atomic E-state index is 12.3. The highest BCUT2D eigenvalue weighted by molar-refractivity contribution is 7.92. The molecule has 26 heavy (non-hydrogen) atoms. The molecule has 0 radical (unpaired) electrons. The maximum Gasteiger partial charge on any atom is 0.338 e. The standard InChI is InChI=1S/C17H17ClN2O5S/c1-3-25-17(22)11-4-6-12(7-5-11)19-16(21)14-9-8-13(10-15(14)18)20-26(2,23)24/h4-10,20H,3H2,1-2H3,(H,19,21). The Balaban J connectivity index is 2.11. The highest BCUT2D eigenvalue weighted by Gasteiger charge is 2.13. The van der Waals surface area contributed by atoms with E-state index in [1.807, 2.05) is 0 Å². The minimum Gasteiger partial charge on any atom is -0.462 e. The number of carbonyl (C=O) groups is 2. The monoisotopic (exact) mass is 396 g/mol. The third kappa shape index (κ3) is 5.47. The van der Waals surface area contributed by atoms with Gasteiger partial charge in [-0.3, -0.25) is 9.52 Å². The molecule has 0 bridgehead atoms. The lowest BCUT2D eigenvalue weighted by molar-refractivity contribution is 0.0526. The summed E-state index contributed by atoms with van der Waals surface area (Å²) in [6.45, 7) is 1.99. The van der Waals surface area contributed by atoms with Crippen LogP contribution in [0.2, 0.25) is 5.02 Å². The Labute approximate surface area is 156 Å². The predicted octanol–water partition coefficient (Wildman–Crippen LogP) is 3.14. The molecule has 0 saturated heterocycles. The molecule has 0 atom stereocenters. The van der Waals surface area contributed by atoms with Gasteiger partial charge in [-0.05, 0) is 49.4 Å². The second-order valence-corrected chi connectivity index (χ2v) is 7.48. The first kappa shape index (κ1) is 19.7. The fourth-order valence-corrected chi connectivity index (χ4v) is 2.90. The van der Waals surface area contributed by atoms with Crippen molar-refractivity contribution in [3.63, 3.8) is 0 Å². The molecule has 7 nitrogen and oxygen atoms in total. The molecule has 2 aromatic rings. The molecule has 2 rings (SSSR count). The van der Waals surface area contributed by atoms with Crippen molar-refractivity contribution in [2.75, 3.05) is 22.9 Å². The lowest BCUT2D eigenvalue weighted by Gasteiger charge is -2.10. The number of amides is 1. The molecular weight excluding hydrogens is 380 g/mol. The molecule has 0 fully saturated rings. The average molecular weight is 397 g/mol. The van der Waals surface area contributed by atoms with Crippen LogP contribution in [0.3, 0.4) is 0 Å². The molecule has 138 valence electrons. The van der Waals surface area contributed by atoms with Crippen LogP contribution in [0.25, 0.3) is 0 Å². The smallest absolute Gasteiger partial charge is 0.338 e. The first-order valence-electron chi connectivity index (χ1n) is 7.55. The van der Waals surface area contributed by atoms with E-state index in [-0.39, 0.29) is 22.9 Å². The molecule has 0 saturated carbocycles. The van der Waals surface area contributed by atoms with Gasteiger partial charge < -0.3 is 10.1 Å². The molecule has 0 heterocycles. The van der Waals surface area contributed by atoms with E-state index in [0.717, 1.165) is 6.26 Å². The minimum absolute atomic E-state index is 0.0966. The van der Waals surface area contributed by atoms with Crippen molar-refractivity contribution in [1.82, 2.24) is 0 Å². The lowest BCUT2D eigenvalue weighted by Crippen LogP contribution is -2.14.